The van der Waals surface area contributed by atoms with Gasteiger partial charge in [0.05, 0.1) is 19.8 Å². The van der Waals surface area contributed by atoms with Crippen LogP contribution in [0.4, 0.5) is 11.5 Å². The summed E-state index contributed by atoms with van der Waals surface area (Å²) in [6, 6.07) is 17.6. The Morgan fingerprint density at radius 1 is 0.947 bits per heavy atom. The number of anilines is 2. The summed E-state index contributed by atoms with van der Waals surface area (Å²) in [7, 11) is 3.11. The molecule has 0 saturated carbocycles. The van der Waals surface area contributed by atoms with Crippen LogP contribution < -0.4 is 25.0 Å². The Balaban J connectivity index is 1.20. The zero-order valence-corrected chi connectivity index (χ0v) is 21.0. The maximum atomic E-state index is 13.0. The number of piperazine rings is 1. The number of hydrogen-bond donors (Lipinski definition) is 0. The van der Waals surface area contributed by atoms with Gasteiger partial charge in [0.25, 0.3) is 0 Å². The Hall–Kier alpha value is -4.87. The number of nitrogens with zero attached hydrogens (tertiary/aromatic N) is 8. The fraction of sp³-hybridized carbons (Fsp3) is 0.269. The SMILES string of the molecule is COc1cccc(-c2noc(Cn3nc4cc(N5CCN(c6ccccc6)CC5)ncn4c3=O)n2)c1OC. The van der Waals surface area contributed by atoms with E-state index >= 15 is 0 Å². The Kier molecular flexibility index (Phi) is 6.12. The highest BCUT2D eigenvalue weighted by molar-refractivity contribution is 5.68. The maximum absolute atomic E-state index is 13.0. The lowest BCUT2D eigenvalue weighted by Crippen LogP contribution is -2.46. The summed E-state index contributed by atoms with van der Waals surface area (Å²) in [5.74, 6) is 2.40. The molecule has 0 spiro atoms. The summed E-state index contributed by atoms with van der Waals surface area (Å²) in [6.07, 6.45) is 1.51. The third-order valence-electron chi connectivity index (χ3n) is 6.58. The van der Waals surface area contributed by atoms with Gasteiger partial charge in [0.2, 0.25) is 11.7 Å². The van der Waals surface area contributed by atoms with Crippen LogP contribution >= 0.6 is 0 Å². The maximum Gasteiger partial charge on any atom is 0.352 e. The van der Waals surface area contributed by atoms with Gasteiger partial charge in [0.15, 0.2) is 17.1 Å². The van der Waals surface area contributed by atoms with Gasteiger partial charge >= 0.3 is 5.69 Å². The third-order valence-corrected chi connectivity index (χ3v) is 6.58. The van der Waals surface area contributed by atoms with E-state index < -0.39 is 0 Å². The molecule has 6 rings (SSSR count). The van der Waals surface area contributed by atoms with Crippen LogP contribution in [0.3, 0.4) is 0 Å². The molecule has 1 fully saturated rings. The fourth-order valence-corrected chi connectivity index (χ4v) is 4.64. The number of methoxy groups -OCH3 is 2. The zero-order chi connectivity index (χ0) is 26.1. The first-order valence-corrected chi connectivity index (χ1v) is 12.2. The summed E-state index contributed by atoms with van der Waals surface area (Å²) in [5.41, 5.74) is 1.99. The molecular weight excluding hydrogens is 488 g/mol. The quantitative estimate of drug-likeness (QED) is 0.320. The van der Waals surface area contributed by atoms with E-state index in [1.165, 1.54) is 21.1 Å². The third kappa shape index (κ3) is 4.29. The number of aromatic nitrogens is 6. The van der Waals surface area contributed by atoms with Gasteiger partial charge in [-0.15, -0.1) is 5.10 Å². The number of benzene rings is 2. The predicted molar refractivity (Wildman–Crippen MR) is 140 cm³/mol. The molecule has 1 saturated heterocycles. The van der Waals surface area contributed by atoms with Crippen molar-refractivity contribution in [3.05, 3.63) is 77.3 Å². The van der Waals surface area contributed by atoms with Gasteiger partial charge in [-0.25, -0.2) is 18.9 Å². The molecule has 1 aliphatic heterocycles. The molecule has 4 heterocycles. The molecule has 0 amide bonds. The van der Waals surface area contributed by atoms with Gasteiger partial charge in [-0.3, -0.25) is 0 Å². The first kappa shape index (κ1) is 23.5. The van der Waals surface area contributed by atoms with E-state index in [1.54, 1.807) is 26.4 Å². The lowest BCUT2D eigenvalue weighted by molar-refractivity contribution is 0.354. The molecule has 38 heavy (non-hydrogen) atoms. The van der Waals surface area contributed by atoms with Crippen LogP contribution in [0.2, 0.25) is 0 Å². The number of hydrogen-bond acceptors (Lipinski definition) is 10. The van der Waals surface area contributed by atoms with E-state index in [0.717, 1.165) is 32.0 Å². The van der Waals surface area contributed by atoms with Crippen LogP contribution in [0.1, 0.15) is 5.89 Å². The highest BCUT2D eigenvalue weighted by Crippen LogP contribution is 2.36. The Labute approximate surface area is 217 Å². The fourth-order valence-electron chi connectivity index (χ4n) is 4.64. The van der Waals surface area contributed by atoms with E-state index in [-0.39, 0.29) is 18.1 Å². The Bertz CT molecular complexity index is 1620. The number of rotatable bonds is 7. The van der Waals surface area contributed by atoms with Crippen molar-refractivity contribution < 1.29 is 14.0 Å². The van der Waals surface area contributed by atoms with Crippen molar-refractivity contribution in [3.63, 3.8) is 0 Å². The van der Waals surface area contributed by atoms with Crippen molar-refractivity contribution in [2.75, 3.05) is 50.2 Å². The van der Waals surface area contributed by atoms with E-state index in [4.69, 9.17) is 14.0 Å². The molecule has 0 radical (unpaired) electrons. The van der Waals surface area contributed by atoms with Crippen LogP contribution in [0, 0.1) is 0 Å². The lowest BCUT2D eigenvalue weighted by atomic mass is 10.1. The molecule has 2 aromatic carbocycles. The van der Waals surface area contributed by atoms with Crippen molar-refractivity contribution >= 4 is 17.2 Å². The Morgan fingerprint density at radius 3 is 2.50 bits per heavy atom. The van der Waals surface area contributed by atoms with Crippen LogP contribution in [0.25, 0.3) is 17.0 Å². The average molecular weight is 515 g/mol. The molecule has 0 bridgehead atoms. The van der Waals surface area contributed by atoms with Gasteiger partial charge < -0.3 is 23.8 Å². The summed E-state index contributed by atoms with van der Waals surface area (Å²) >= 11 is 0. The molecule has 5 aromatic rings. The molecular formula is C26H26N8O4. The van der Waals surface area contributed by atoms with Crippen molar-refractivity contribution in [1.29, 1.82) is 0 Å². The Morgan fingerprint density at radius 2 is 1.74 bits per heavy atom. The molecule has 12 nitrogen and oxygen atoms in total. The highest BCUT2D eigenvalue weighted by atomic mass is 16.5. The molecule has 3 aromatic heterocycles. The molecule has 12 heteroatoms. The van der Waals surface area contributed by atoms with Gasteiger partial charge in [0.1, 0.15) is 18.7 Å². The molecule has 0 atom stereocenters. The van der Waals surface area contributed by atoms with Gasteiger partial charge in [-0.1, -0.05) is 29.4 Å². The standard InChI is InChI=1S/C26H26N8O4/c1-36-20-10-6-9-19(24(20)37-2)25-28-23(38-30-25)16-34-26(35)33-17-27-21(15-22(33)29-34)32-13-11-31(12-14-32)18-7-4-3-5-8-18/h3-10,15,17H,11-14,16H2,1-2H3. The second kappa shape index (κ2) is 9.88. The second-order valence-corrected chi connectivity index (χ2v) is 8.78. The minimum Gasteiger partial charge on any atom is -0.493 e. The number of para-hydroxylation sites is 2. The highest BCUT2D eigenvalue weighted by Gasteiger charge is 2.21. The monoisotopic (exact) mass is 514 g/mol. The molecule has 0 unspecified atom stereocenters. The van der Waals surface area contributed by atoms with Crippen LogP contribution in [-0.4, -0.2) is 69.7 Å². The van der Waals surface area contributed by atoms with E-state index in [2.05, 4.69) is 54.3 Å². The number of ether oxygens (including phenoxy) is 2. The van der Waals surface area contributed by atoms with Crippen molar-refractivity contribution in [2.45, 2.75) is 6.54 Å². The van der Waals surface area contributed by atoms with E-state index in [0.29, 0.717) is 28.5 Å². The molecule has 0 N–H and O–H groups in total. The van der Waals surface area contributed by atoms with Crippen molar-refractivity contribution in [2.24, 2.45) is 0 Å². The zero-order valence-electron chi connectivity index (χ0n) is 21.0. The minimum atomic E-state index is -0.341. The van der Waals surface area contributed by atoms with Gasteiger partial charge in [-0.2, -0.15) is 4.98 Å². The van der Waals surface area contributed by atoms with Crippen LogP contribution in [-0.2, 0) is 6.54 Å². The van der Waals surface area contributed by atoms with Gasteiger partial charge in [-0.05, 0) is 24.3 Å². The summed E-state index contributed by atoms with van der Waals surface area (Å²) in [6.45, 7) is 3.43. The predicted octanol–water partition coefficient (Wildman–Crippen LogP) is 2.33. The number of fused-ring (bicyclic) bond motifs is 1. The summed E-state index contributed by atoms with van der Waals surface area (Å²) in [4.78, 5) is 26.5. The van der Waals surface area contributed by atoms with Crippen molar-refractivity contribution in [1.82, 2.24) is 29.3 Å². The van der Waals surface area contributed by atoms with Crippen molar-refractivity contribution in [3.8, 4) is 22.9 Å². The van der Waals surface area contributed by atoms with E-state index in [1.807, 2.05) is 18.2 Å². The van der Waals surface area contributed by atoms with Gasteiger partial charge in [0, 0.05) is 37.9 Å². The minimum absolute atomic E-state index is 0.0187. The van der Waals surface area contributed by atoms with Crippen LogP contribution in [0.15, 0.2) is 70.2 Å². The smallest absolute Gasteiger partial charge is 0.352 e. The van der Waals surface area contributed by atoms with E-state index in [9.17, 15) is 4.79 Å². The molecule has 0 aliphatic carbocycles. The molecule has 1 aliphatic rings. The summed E-state index contributed by atoms with van der Waals surface area (Å²) in [5, 5.41) is 8.55. The topological polar surface area (TPSA) is 116 Å². The average Bonchev–Trinajstić information content (AvgIpc) is 3.57. The first-order chi connectivity index (χ1) is 18.6. The first-order valence-electron chi connectivity index (χ1n) is 12.2. The largest absolute Gasteiger partial charge is 0.493 e. The van der Waals surface area contributed by atoms with Crippen LogP contribution in [0.5, 0.6) is 11.5 Å². The lowest BCUT2D eigenvalue weighted by Gasteiger charge is -2.36. The normalized spacial score (nSPS) is 13.7. The second-order valence-electron chi connectivity index (χ2n) is 8.78. The summed E-state index contributed by atoms with van der Waals surface area (Å²) < 4.78 is 18.9. The molecule has 194 valence electrons.